The smallest absolute Gasteiger partial charge is 0.409 e. The molecule has 2 aromatic rings. The van der Waals surface area contributed by atoms with Gasteiger partial charge in [-0.2, -0.15) is 0 Å². The van der Waals surface area contributed by atoms with Gasteiger partial charge in [0, 0.05) is 25.5 Å². The van der Waals surface area contributed by atoms with Crippen molar-refractivity contribution in [3.63, 3.8) is 0 Å². The van der Waals surface area contributed by atoms with Crippen LogP contribution >= 0.6 is 11.6 Å². The summed E-state index contributed by atoms with van der Waals surface area (Å²) >= 11 is 6.33. The molecule has 1 aliphatic rings. The first kappa shape index (κ1) is 29.2. The maximum Gasteiger partial charge on any atom is 0.409 e. The molecule has 1 aromatic heterocycles. The summed E-state index contributed by atoms with van der Waals surface area (Å²) in [5.41, 5.74) is 10.5. The molecule has 1 aliphatic heterocycles. The van der Waals surface area contributed by atoms with E-state index in [9.17, 15) is 9.59 Å². The first-order valence-electron chi connectivity index (χ1n) is 11.6. The minimum absolute atomic E-state index is 0.170. The normalized spacial score (nSPS) is 14.4. The highest BCUT2D eigenvalue weighted by Crippen LogP contribution is 2.30. The second kappa shape index (κ2) is 14.4. The number of nitrogens with two attached hydrogens (primary N) is 1. The Balaban J connectivity index is 0.000000337. The Morgan fingerprint density at radius 3 is 2.35 bits per heavy atom. The number of nitrogen functional groups attached to an aromatic ring is 1. The molecular formula is C25H37ClN4O4. The van der Waals surface area contributed by atoms with E-state index in [2.05, 4.69) is 14.7 Å². The molecule has 0 bridgehead atoms. The van der Waals surface area contributed by atoms with E-state index in [1.165, 1.54) is 18.9 Å². The first-order chi connectivity index (χ1) is 16.2. The van der Waals surface area contributed by atoms with Crippen LogP contribution in [0.5, 0.6) is 0 Å². The van der Waals surface area contributed by atoms with Crippen LogP contribution < -0.4 is 5.73 Å². The topological polar surface area (TPSA) is 108 Å². The lowest BCUT2D eigenvalue weighted by Gasteiger charge is -2.14. The highest BCUT2D eigenvalue weighted by molar-refractivity contribution is 6.33. The van der Waals surface area contributed by atoms with Crippen molar-refractivity contribution >= 4 is 29.5 Å². The molecule has 0 radical (unpaired) electrons. The van der Waals surface area contributed by atoms with Gasteiger partial charge < -0.3 is 20.1 Å². The number of halogens is 1. The standard InChI is InChI=1S/C15H18ClN3.C8H13NO4.C2H6/c1-4-12-14(18-13(5-2)15(17)19-12)10-7-6-9(3)8-11(10)16;1-6(10)13-7-3-4-9(5-7)8(11)12-2;1-2/h6-8H,4-5H2,1-3H3,(H2,17,19);7H,3-5H2,1-2H3;1-2H3/t;7-;/m.1./s1. The van der Waals surface area contributed by atoms with Crippen molar-refractivity contribution in [3.8, 4) is 11.3 Å². The number of esters is 1. The summed E-state index contributed by atoms with van der Waals surface area (Å²) < 4.78 is 9.48. The third kappa shape index (κ3) is 8.17. The molecule has 0 aliphatic carbocycles. The van der Waals surface area contributed by atoms with Crippen LogP contribution in [0.25, 0.3) is 11.3 Å². The van der Waals surface area contributed by atoms with Crippen LogP contribution in [0.1, 0.15) is 58.0 Å². The maximum atomic E-state index is 11.0. The number of nitrogens with zero attached hydrogens (tertiary/aromatic N) is 3. The van der Waals surface area contributed by atoms with Gasteiger partial charge in [-0.15, -0.1) is 0 Å². The van der Waals surface area contributed by atoms with E-state index in [0.717, 1.165) is 41.1 Å². The van der Waals surface area contributed by atoms with Gasteiger partial charge in [0.05, 0.1) is 35.8 Å². The number of benzene rings is 1. The number of likely N-dealkylation sites (tertiary alicyclic amines) is 1. The van der Waals surface area contributed by atoms with Gasteiger partial charge in [-0.3, -0.25) is 4.79 Å². The number of methoxy groups -OCH3 is 1. The van der Waals surface area contributed by atoms with E-state index < -0.39 is 0 Å². The highest BCUT2D eigenvalue weighted by atomic mass is 35.5. The molecule has 34 heavy (non-hydrogen) atoms. The number of rotatable bonds is 4. The average Bonchev–Trinajstić information content (AvgIpc) is 3.28. The number of ether oxygens (including phenoxy) is 2. The van der Waals surface area contributed by atoms with E-state index in [1.54, 1.807) is 0 Å². The quantitative estimate of drug-likeness (QED) is 0.582. The number of carbonyl (C=O) groups is 2. The molecule has 3 rings (SSSR count). The van der Waals surface area contributed by atoms with E-state index in [4.69, 9.17) is 22.1 Å². The van der Waals surface area contributed by atoms with Gasteiger partial charge in [0.25, 0.3) is 0 Å². The molecule has 188 valence electrons. The Morgan fingerprint density at radius 2 is 1.82 bits per heavy atom. The molecule has 0 saturated carbocycles. The van der Waals surface area contributed by atoms with Crippen molar-refractivity contribution in [1.29, 1.82) is 0 Å². The summed E-state index contributed by atoms with van der Waals surface area (Å²) in [6, 6.07) is 5.97. The molecule has 0 spiro atoms. The fourth-order valence-corrected chi connectivity index (χ4v) is 3.73. The largest absolute Gasteiger partial charge is 0.461 e. The molecule has 1 amide bonds. The third-order valence-electron chi connectivity index (χ3n) is 5.03. The Hall–Kier alpha value is -2.87. The molecule has 0 unspecified atom stereocenters. The number of aryl methyl sites for hydroxylation is 3. The predicted octanol–water partition coefficient (Wildman–Crippen LogP) is 5.23. The van der Waals surface area contributed by atoms with Crippen molar-refractivity contribution in [1.82, 2.24) is 14.9 Å². The fourth-order valence-electron chi connectivity index (χ4n) is 3.41. The molecule has 1 aromatic carbocycles. The SMILES string of the molecule is CC.CCc1nc(-c2ccc(C)cc2Cl)c(CC)nc1N.COC(=O)N1CC[C@@H](OC(C)=O)C1. The zero-order chi connectivity index (χ0) is 25.8. The summed E-state index contributed by atoms with van der Waals surface area (Å²) in [5.74, 6) is 0.211. The summed E-state index contributed by atoms with van der Waals surface area (Å²) in [5, 5.41) is 0.704. The summed E-state index contributed by atoms with van der Waals surface area (Å²) in [7, 11) is 1.33. The molecule has 1 fully saturated rings. The van der Waals surface area contributed by atoms with Gasteiger partial charge in [-0.1, -0.05) is 51.4 Å². The lowest BCUT2D eigenvalue weighted by atomic mass is 10.1. The number of aromatic nitrogens is 2. The number of carbonyl (C=O) groups excluding carboxylic acids is 2. The van der Waals surface area contributed by atoms with Crippen molar-refractivity contribution in [2.75, 3.05) is 25.9 Å². The maximum absolute atomic E-state index is 11.0. The van der Waals surface area contributed by atoms with Crippen molar-refractivity contribution < 1.29 is 19.1 Å². The van der Waals surface area contributed by atoms with Gasteiger partial charge in [0.15, 0.2) is 0 Å². The van der Waals surface area contributed by atoms with Gasteiger partial charge in [-0.05, 0) is 31.4 Å². The van der Waals surface area contributed by atoms with E-state index in [0.29, 0.717) is 30.4 Å². The number of hydrogen-bond acceptors (Lipinski definition) is 7. The van der Waals surface area contributed by atoms with Gasteiger partial charge >= 0.3 is 12.1 Å². The molecular weight excluding hydrogens is 456 g/mol. The number of anilines is 1. The lowest BCUT2D eigenvalue weighted by molar-refractivity contribution is -0.145. The summed E-state index contributed by atoms with van der Waals surface area (Å²) in [4.78, 5) is 32.2. The van der Waals surface area contributed by atoms with Crippen molar-refractivity contribution in [2.24, 2.45) is 0 Å². The molecule has 1 saturated heterocycles. The van der Waals surface area contributed by atoms with Gasteiger partial charge in [0.2, 0.25) is 0 Å². The summed E-state index contributed by atoms with van der Waals surface area (Å²) in [6.45, 7) is 12.5. The zero-order valence-electron chi connectivity index (χ0n) is 21.3. The molecule has 2 heterocycles. The number of amides is 1. The number of hydrogen-bond donors (Lipinski definition) is 1. The average molecular weight is 493 g/mol. The summed E-state index contributed by atoms with van der Waals surface area (Å²) in [6.07, 6.45) is 1.69. The first-order valence-corrected chi connectivity index (χ1v) is 12.0. The highest BCUT2D eigenvalue weighted by Gasteiger charge is 2.28. The van der Waals surface area contributed by atoms with Crippen LogP contribution in [0, 0.1) is 6.92 Å². The molecule has 2 N–H and O–H groups in total. The minimum atomic E-state index is -0.366. The Morgan fingerprint density at radius 1 is 1.18 bits per heavy atom. The van der Waals surface area contributed by atoms with Crippen LogP contribution in [0.3, 0.4) is 0 Å². The van der Waals surface area contributed by atoms with Crippen LogP contribution in [-0.4, -0.2) is 53.2 Å². The van der Waals surface area contributed by atoms with Crippen LogP contribution in [0.4, 0.5) is 10.6 Å². The van der Waals surface area contributed by atoms with Crippen LogP contribution in [0.2, 0.25) is 5.02 Å². The van der Waals surface area contributed by atoms with Crippen molar-refractivity contribution in [3.05, 3.63) is 40.2 Å². The monoisotopic (exact) mass is 492 g/mol. The third-order valence-corrected chi connectivity index (χ3v) is 5.34. The lowest BCUT2D eigenvalue weighted by Crippen LogP contribution is -2.30. The Kier molecular flexibility index (Phi) is 12.4. The molecule has 1 atom stereocenters. The Labute approximate surface area is 207 Å². The second-order valence-electron chi connectivity index (χ2n) is 7.48. The predicted molar refractivity (Wildman–Crippen MR) is 136 cm³/mol. The van der Waals surface area contributed by atoms with Crippen LogP contribution in [-0.2, 0) is 27.1 Å². The van der Waals surface area contributed by atoms with Gasteiger partial charge in [0.1, 0.15) is 11.9 Å². The van der Waals surface area contributed by atoms with Crippen LogP contribution in [0.15, 0.2) is 18.2 Å². The second-order valence-corrected chi connectivity index (χ2v) is 7.88. The van der Waals surface area contributed by atoms with Crippen molar-refractivity contribution in [2.45, 2.75) is 66.9 Å². The van der Waals surface area contributed by atoms with E-state index in [1.807, 2.05) is 52.8 Å². The molecule has 8 nitrogen and oxygen atoms in total. The Bertz CT molecular complexity index is 968. The van der Waals surface area contributed by atoms with E-state index in [-0.39, 0.29) is 18.2 Å². The molecule has 9 heteroatoms. The van der Waals surface area contributed by atoms with E-state index >= 15 is 0 Å². The zero-order valence-corrected chi connectivity index (χ0v) is 22.0. The fraction of sp³-hybridized carbons (Fsp3) is 0.520. The van der Waals surface area contributed by atoms with Gasteiger partial charge in [-0.25, -0.2) is 14.8 Å². The minimum Gasteiger partial charge on any atom is -0.461 e.